The Morgan fingerprint density at radius 1 is 1.02 bits per heavy atom. The molecule has 1 saturated heterocycles. The largest absolute Gasteiger partial charge is 0.372 e. The molecule has 0 spiro atoms. The molecule has 0 unspecified atom stereocenters. The quantitative estimate of drug-likeness (QED) is 0.291. The Bertz CT molecular complexity index is 1600. The van der Waals surface area contributed by atoms with E-state index in [4.69, 9.17) is 5.26 Å². The zero-order valence-corrected chi connectivity index (χ0v) is 23.0. The fraction of sp³-hybridized carbons (Fsp3) is 0.281. The van der Waals surface area contributed by atoms with Crippen molar-refractivity contribution in [2.45, 2.75) is 39.0 Å². The number of nitrogens with zero attached hydrogens (tertiary/aromatic N) is 5. The molecule has 2 aliphatic rings. The number of nitriles is 1. The summed E-state index contributed by atoms with van der Waals surface area (Å²) in [5.41, 5.74) is 7.46. The number of aromatic nitrogens is 3. The molecule has 41 heavy (non-hydrogen) atoms. The third-order valence-electron chi connectivity index (χ3n) is 7.80. The highest BCUT2D eigenvalue weighted by atomic mass is 16.1. The average Bonchev–Trinajstić information content (AvgIpc) is 2.99. The van der Waals surface area contributed by atoms with Crippen LogP contribution in [0, 0.1) is 24.2 Å². The number of hydrogen-bond acceptors (Lipinski definition) is 8. The summed E-state index contributed by atoms with van der Waals surface area (Å²) < 4.78 is 0. The maximum Gasteiger partial charge on any atom is 0.229 e. The number of carbonyl (C=O) groups is 1. The molecule has 9 heteroatoms. The van der Waals surface area contributed by atoms with Crippen LogP contribution in [-0.4, -0.2) is 33.9 Å². The smallest absolute Gasteiger partial charge is 0.229 e. The van der Waals surface area contributed by atoms with Gasteiger partial charge in [-0.3, -0.25) is 9.78 Å². The van der Waals surface area contributed by atoms with Crippen molar-refractivity contribution in [1.29, 1.82) is 5.26 Å². The lowest BCUT2D eigenvalue weighted by atomic mass is 9.92. The normalized spacial score (nSPS) is 14.8. The number of rotatable bonds is 4. The van der Waals surface area contributed by atoms with Crippen LogP contribution in [0.5, 0.6) is 0 Å². The zero-order valence-electron chi connectivity index (χ0n) is 23.0. The van der Waals surface area contributed by atoms with Gasteiger partial charge in [-0.15, -0.1) is 0 Å². The highest BCUT2D eigenvalue weighted by Gasteiger charge is 2.22. The van der Waals surface area contributed by atoms with Gasteiger partial charge in [0.1, 0.15) is 5.82 Å². The first kappa shape index (κ1) is 26.3. The molecular weight excluding hydrogens is 512 g/mol. The molecule has 0 saturated carbocycles. The van der Waals surface area contributed by atoms with E-state index < -0.39 is 0 Å². The number of piperidine rings is 1. The number of pyridine rings is 1. The third kappa shape index (κ3) is 6.28. The van der Waals surface area contributed by atoms with Gasteiger partial charge in [-0.1, -0.05) is 0 Å². The monoisotopic (exact) mass is 544 g/mol. The van der Waals surface area contributed by atoms with Crippen molar-refractivity contribution in [3.05, 3.63) is 89.4 Å². The summed E-state index contributed by atoms with van der Waals surface area (Å²) in [6, 6.07) is 18.0. The van der Waals surface area contributed by atoms with Crippen molar-refractivity contribution in [3.63, 3.8) is 0 Å². The van der Waals surface area contributed by atoms with Crippen LogP contribution in [-0.2, 0) is 17.6 Å². The van der Waals surface area contributed by atoms with Crippen molar-refractivity contribution in [2.24, 2.45) is 5.92 Å². The third-order valence-corrected chi connectivity index (χ3v) is 7.80. The summed E-state index contributed by atoms with van der Waals surface area (Å²) in [4.78, 5) is 29.0. The van der Waals surface area contributed by atoms with Gasteiger partial charge in [0.2, 0.25) is 11.9 Å². The van der Waals surface area contributed by atoms with Gasteiger partial charge < -0.3 is 20.9 Å². The van der Waals surface area contributed by atoms with Crippen molar-refractivity contribution in [1.82, 2.24) is 15.0 Å². The molecule has 0 aliphatic carbocycles. The highest BCUT2D eigenvalue weighted by Crippen LogP contribution is 2.29. The lowest BCUT2D eigenvalue weighted by molar-refractivity contribution is -0.117. The Morgan fingerprint density at radius 3 is 2.66 bits per heavy atom. The number of aryl methyl sites for hydroxylation is 3. The van der Waals surface area contributed by atoms with E-state index in [0.717, 1.165) is 84.0 Å². The molecule has 0 radical (unpaired) electrons. The van der Waals surface area contributed by atoms with Crippen LogP contribution >= 0.6 is 0 Å². The second kappa shape index (κ2) is 11.6. The maximum absolute atomic E-state index is 13.2. The molecule has 4 aromatic rings. The van der Waals surface area contributed by atoms with Gasteiger partial charge in [-0.2, -0.15) is 10.2 Å². The van der Waals surface area contributed by atoms with E-state index in [1.165, 1.54) is 0 Å². The number of nitrogens with one attached hydrogen (secondary N) is 3. The minimum absolute atomic E-state index is 0.0471. The van der Waals surface area contributed by atoms with Crippen molar-refractivity contribution >= 4 is 40.4 Å². The number of benzene rings is 2. The Balaban J connectivity index is 1.14. The Hall–Kier alpha value is -4.97. The summed E-state index contributed by atoms with van der Waals surface area (Å²) in [5.74, 6) is 1.61. The minimum atomic E-state index is 0.0471. The van der Waals surface area contributed by atoms with Gasteiger partial charge in [0.05, 0.1) is 23.5 Å². The number of anilines is 6. The predicted molar refractivity (Wildman–Crippen MR) is 161 cm³/mol. The summed E-state index contributed by atoms with van der Waals surface area (Å²) in [6.45, 7) is 3.78. The fourth-order valence-electron chi connectivity index (χ4n) is 5.47. The van der Waals surface area contributed by atoms with E-state index in [-0.39, 0.29) is 5.91 Å². The van der Waals surface area contributed by atoms with Crippen LogP contribution in [0.1, 0.15) is 41.5 Å². The first-order chi connectivity index (χ1) is 20.0. The van der Waals surface area contributed by atoms with Crippen LogP contribution in [0.3, 0.4) is 0 Å². The van der Waals surface area contributed by atoms with E-state index in [2.05, 4.69) is 54.0 Å². The second-order valence-electron chi connectivity index (χ2n) is 10.8. The number of carbonyl (C=O) groups excluding carboxylic acids is 1. The van der Waals surface area contributed by atoms with Crippen molar-refractivity contribution < 1.29 is 4.79 Å². The van der Waals surface area contributed by atoms with Crippen LogP contribution < -0.4 is 20.9 Å². The summed E-state index contributed by atoms with van der Waals surface area (Å²) in [6.07, 6.45) is 9.38. The molecule has 0 atom stereocenters. The fourth-order valence-corrected chi connectivity index (χ4v) is 5.47. The maximum atomic E-state index is 13.2. The number of amides is 1. The van der Waals surface area contributed by atoms with Gasteiger partial charge in [0, 0.05) is 54.5 Å². The van der Waals surface area contributed by atoms with Crippen molar-refractivity contribution in [3.8, 4) is 6.07 Å². The highest BCUT2D eigenvalue weighted by molar-refractivity contribution is 5.92. The standard InChI is InChI=1S/C32H32N8O/c1-21-18-35-32-37-27-14-24(19-34-20-27)2-5-25-16-26(36-31(21)39-32)6-9-29(25)38-30(41)15-22-10-12-40(13-11-22)28-7-3-23(17-33)4-8-28/h3-4,6-9,14,16,18-20,22H,2,5,10-13,15H2,1H3,(H,38,41)(H2,35,36,37,39). The minimum Gasteiger partial charge on any atom is -0.372 e. The number of fused-ring (bicyclic) bond motifs is 6. The molecule has 3 N–H and O–H groups in total. The Labute approximate surface area is 239 Å². The molecular formula is C32H32N8O. The lowest BCUT2D eigenvalue weighted by Gasteiger charge is -2.33. The molecule has 2 aliphatic heterocycles. The van der Waals surface area contributed by atoms with Gasteiger partial charge in [0.25, 0.3) is 0 Å². The zero-order chi connectivity index (χ0) is 28.2. The van der Waals surface area contributed by atoms with E-state index in [9.17, 15) is 4.79 Å². The molecule has 2 aromatic heterocycles. The Morgan fingerprint density at radius 2 is 1.85 bits per heavy atom. The molecule has 206 valence electrons. The van der Waals surface area contributed by atoms with Crippen LogP contribution in [0.4, 0.5) is 34.5 Å². The Kier molecular flexibility index (Phi) is 7.46. The molecule has 1 amide bonds. The van der Waals surface area contributed by atoms with Crippen LogP contribution in [0.25, 0.3) is 0 Å². The molecule has 6 rings (SSSR count). The molecule has 6 bridgehead atoms. The first-order valence-corrected chi connectivity index (χ1v) is 14.0. The SMILES string of the molecule is Cc1cnc2nc1Nc1ccc(NC(=O)CC3CCN(c4ccc(C#N)cc4)CC3)c(c1)CCc1cncc(c1)N2. The topological polar surface area (TPSA) is 119 Å². The van der Waals surface area contributed by atoms with Gasteiger partial charge in [-0.05, 0) is 98.2 Å². The van der Waals surface area contributed by atoms with Gasteiger partial charge in [0.15, 0.2) is 0 Å². The molecule has 2 aromatic carbocycles. The average molecular weight is 545 g/mol. The summed E-state index contributed by atoms with van der Waals surface area (Å²) >= 11 is 0. The van der Waals surface area contributed by atoms with E-state index in [1.54, 1.807) is 12.4 Å². The van der Waals surface area contributed by atoms with Crippen LogP contribution in [0.15, 0.2) is 67.1 Å². The summed E-state index contributed by atoms with van der Waals surface area (Å²) in [5, 5.41) is 18.9. The summed E-state index contributed by atoms with van der Waals surface area (Å²) in [7, 11) is 0. The lowest BCUT2D eigenvalue weighted by Crippen LogP contribution is -2.34. The molecule has 9 nitrogen and oxygen atoms in total. The predicted octanol–water partition coefficient (Wildman–Crippen LogP) is 5.88. The van der Waals surface area contributed by atoms with Gasteiger partial charge in [-0.25, -0.2) is 4.98 Å². The van der Waals surface area contributed by atoms with E-state index >= 15 is 0 Å². The van der Waals surface area contributed by atoms with Crippen molar-refractivity contribution in [2.75, 3.05) is 33.9 Å². The second-order valence-corrected chi connectivity index (χ2v) is 10.8. The van der Waals surface area contributed by atoms with Gasteiger partial charge >= 0.3 is 0 Å². The number of hydrogen-bond donors (Lipinski definition) is 3. The molecule has 4 heterocycles. The first-order valence-electron chi connectivity index (χ1n) is 14.0. The van der Waals surface area contributed by atoms with Crippen LogP contribution in [0.2, 0.25) is 0 Å². The van der Waals surface area contributed by atoms with E-state index in [1.807, 2.05) is 49.5 Å². The molecule has 1 fully saturated rings. The van der Waals surface area contributed by atoms with E-state index in [0.29, 0.717) is 23.9 Å².